The second-order valence-electron chi connectivity index (χ2n) is 6.57. The first kappa shape index (κ1) is 16.9. The average Bonchev–Trinajstić information content (AvgIpc) is 2.34. The van der Waals surface area contributed by atoms with Crippen molar-refractivity contribution in [2.75, 3.05) is 32.1 Å². The predicted molar refractivity (Wildman–Crippen MR) is 79.2 cm³/mol. The van der Waals surface area contributed by atoms with Gasteiger partial charge in [-0.25, -0.2) is 8.42 Å². The molecular weight excluding hydrogens is 262 g/mol. The van der Waals surface area contributed by atoms with Crippen LogP contribution < -0.4 is 5.32 Å². The minimum Gasteiger partial charge on any atom is -0.381 e. The van der Waals surface area contributed by atoms with Gasteiger partial charge in [0.2, 0.25) is 0 Å². The van der Waals surface area contributed by atoms with Gasteiger partial charge in [-0.1, -0.05) is 6.92 Å². The molecule has 0 aliphatic carbocycles. The van der Waals surface area contributed by atoms with E-state index in [1.54, 1.807) is 20.8 Å². The second-order valence-corrected chi connectivity index (χ2v) is 9.44. The summed E-state index contributed by atoms with van der Waals surface area (Å²) in [5.41, 5.74) is 0.0899. The smallest absolute Gasteiger partial charge is 0.155 e. The van der Waals surface area contributed by atoms with Gasteiger partial charge in [-0.15, -0.1) is 0 Å². The van der Waals surface area contributed by atoms with Gasteiger partial charge in [-0.2, -0.15) is 0 Å². The number of rotatable bonds is 6. The Bertz CT molecular complexity index is 365. The van der Waals surface area contributed by atoms with E-state index < -0.39 is 14.6 Å². The molecule has 1 aliphatic heterocycles. The average molecular weight is 291 g/mol. The number of hydrogen-bond donors (Lipinski definition) is 1. The molecule has 0 aromatic carbocycles. The lowest BCUT2D eigenvalue weighted by atomic mass is 9.78. The fourth-order valence-electron chi connectivity index (χ4n) is 2.37. The van der Waals surface area contributed by atoms with Crippen LogP contribution in [0.15, 0.2) is 0 Å². The molecule has 1 fully saturated rings. The van der Waals surface area contributed by atoms with Crippen molar-refractivity contribution < 1.29 is 13.2 Å². The van der Waals surface area contributed by atoms with Crippen molar-refractivity contribution in [1.82, 2.24) is 5.32 Å². The van der Waals surface area contributed by atoms with Gasteiger partial charge in [0.05, 0.1) is 10.5 Å². The van der Waals surface area contributed by atoms with E-state index >= 15 is 0 Å². The maximum atomic E-state index is 12.3. The van der Waals surface area contributed by atoms with Crippen LogP contribution in [0.25, 0.3) is 0 Å². The lowest BCUT2D eigenvalue weighted by molar-refractivity contribution is 0.0134. The third-order valence-corrected chi connectivity index (χ3v) is 6.75. The minimum absolute atomic E-state index is 0.0899. The molecular formula is C14H29NO3S. The Morgan fingerprint density at radius 2 is 1.79 bits per heavy atom. The molecule has 1 aliphatic rings. The highest BCUT2D eigenvalue weighted by Gasteiger charge is 2.36. The van der Waals surface area contributed by atoms with Gasteiger partial charge in [0.25, 0.3) is 0 Å². The van der Waals surface area contributed by atoms with Crippen LogP contribution in [0.4, 0.5) is 0 Å². The summed E-state index contributed by atoms with van der Waals surface area (Å²) in [6, 6.07) is 0. The van der Waals surface area contributed by atoms with Crippen LogP contribution >= 0.6 is 0 Å². The molecule has 0 aromatic rings. The Labute approximate surface area is 118 Å². The van der Waals surface area contributed by atoms with Crippen molar-refractivity contribution in [3.05, 3.63) is 0 Å². The largest absolute Gasteiger partial charge is 0.381 e. The summed E-state index contributed by atoms with van der Waals surface area (Å²) < 4.78 is 29.3. The van der Waals surface area contributed by atoms with Gasteiger partial charge in [-0.3, -0.25) is 0 Å². The highest BCUT2D eigenvalue weighted by Crippen LogP contribution is 2.35. The van der Waals surface area contributed by atoms with Crippen LogP contribution in [0, 0.1) is 5.41 Å². The molecule has 114 valence electrons. The summed E-state index contributed by atoms with van der Waals surface area (Å²) >= 11 is 0. The van der Waals surface area contributed by atoms with Gasteiger partial charge in [-0.05, 0) is 52.0 Å². The Morgan fingerprint density at radius 1 is 1.21 bits per heavy atom. The van der Waals surface area contributed by atoms with Crippen LogP contribution in [-0.4, -0.2) is 45.2 Å². The minimum atomic E-state index is -3.03. The summed E-state index contributed by atoms with van der Waals surface area (Å²) in [4.78, 5) is 0. The fourth-order valence-corrected chi connectivity index (χ4v) is 3.68. The lowest BCUT2D eigenvalue weighted by Crippen LogP contribution is -2.42. The zero-order valence-electron chi connectivity index (χ0n) is 12.8. The first-order valence-electron chi connectivity index (χ1n) is 7.23. The van der Waals surface area contributed by atoms with E-state index in [1.807, 2.05) is 0 Å². The van der Waals surface area contributed by atoms with Crippen LogP contribution in [0.5, 0.6) is 0 Å². The zero-order valence-corrected chi connectivity index (χ0v) is 13.6. The fraction of sp³-hybridized carbons (Fsp3) is 1.00. The Balaban J connectivity index is 2.68. The van der Waals surface area contributed by atoms with E-state index in [4.69, 9.17) is 4.74 Å². The van der Waals surface area contributed by atoms with Crippen molar-refractivity contribution in [2.24, 2.45) is 5.41 Å². The molecule has 1 rings (SSSR count). The number of ether oxygens (including phenoxy) is 1. The van der Waals surface area contributed by atoms with Crippen molar-refractivity contribution in [1.29, 1.82) is 0 Å². The molecule has 0 saturated carbocycles. The summed E-state index contributed by atoms with van der Waals surface area (Å²) in [5.74, 6) is 0.280. The topological polar surface area (TPSA) is 55.4 Å². The van der Waals surface area contributed by atoms with Crippen molar-refractivity contribution >= 4 is 9.84 Å². The molecule has 0 atom stereocenters. The van der Waals surface area contributed by atoms with E-state index in [-0.39, 0.29) is 11.2 Å². The molecule has 1 saturated heterocycles. The van der Waals surface area contributed by atoms with Crippen LogP contribution in [0.3, 0.4) is 0 Å². The lowest BCUT2D eigenvalue weighted by Gasteiger charge is -2.38. The van der Waals surface area contributed by atoms with E-state index in [1.165, 1.54) is 0 Å². The van der Waals surface area contributed by atoms with Gasteiger partial charge < -0.3 is 10.1 Å². The molecule has 0 unspecified atom stereocenters. The van der Waals surface area contributed by atoms with E-state index in [0.717, 1.165) is 45.6 Å². The maximum absolute atomic E-state index is 12.3. The number of sulfone groups is 1. The zero-order chi connectivity index (χ0) is 14.6. The Morgan fingerprint density at radius 3 is 2.26 bits per heavy atom. The van der Waals surface area contributed by atoms with E-state index in [2.05, 4.69) is 12.2 Å². The molecule has 19 heavy (non-hydrogen) atoms. The number of hydrogen-bond acceptors (Lipinski definition) is 4. The normalized spacial score (nSPS) is 20.4. The SMILES string of the molecule is CCNCC1(CCS(=O)(=O)C(C)(C)C)CCOCC1. The van der Waals surface area contributed by atoms with Crippen molar-refractivity contribution in [2.45, 2.75) is 51.7 Å². The monoisotopic (exact) mass is 291 g/mol. The summed E-state index contributed by atoms with van der Waals surface area (Å²) in [6.07, 6.45) is 2.66. The first-order valence-corrected chi connectivity index (χ1v) is 8.88. The van der Waals surface area contributed by atoms with E-state index in [0.29, 0.717) is 0 Å². The highest BCUT2D eigenvalue weighted by molar-refractivity contribution is 7.92. The Hall–Kier alpha value is -0.130. The molecule has 0 amide bonds. The number of nitrogens with one attached hydrogen (secondary N) is 1. The third-order valence-electron chi connectivity index (χ3n) is 4.14. The quantitative estimate of drug-likeness (QED) is 0.813. The third kappa shape index (κ3) is 4.72. The molecule has 4 nitrogen and oxygen atoms in total. The van der Waals surface area contributed by atoms with E-state index in [9.17, 15) is 8.42 Å². The van der Waals surface area contributed by atoms with Crippen LogP contribution in [0.1, 0.15) is 47.0 Å². The molecule has 1 N–H and O–H groups in total. The molecule has 0 aromatic heterocycles. The molecule has 1 heterocycles. The molecule has 0 bridgehead atoms. The summed E-state index contributed by atoms with van der Waals surface area (Å²) in [6.45, 7) is 10.7. The molecule has 5 heteroatoms. The summed E-state index contributed by atoms with van der Waals surface area (Å²) in [5, 5.41) is 3.38. The predicted octanol–water partition coefficient (Wildman–Crippen LogP) is 2.00. The molecule has 0 radical (unpaired) electrons. The first-order chi connectivity index (χ1) is 8.72. The molecule has 0 spiro atoms. The Kier molecular flexibility index (Phi) is 5.83. The second kappa shape index (κ2) is 6.55. The maximum Gasteiger partial charge on any atom is 0.155 e. The van der Waals surface area contributed by atoms with Crippen LogP contribution in [0.2, 0.25) is 0 Å². The van der Waals surface area contributed by atoms with Gasteiger partial charge >= 0.3 is 0 Å². The summed E-state index contributed by atoms with van der Waals surface area (Å²) in [7, 11) is -3.03. The van der Waals surface area contributed by atoms with Gasteiger partial charge in [0, 0.05) is 19.8 Å². The van der Waals surface area contributed by atoms with Gasteiger partial charge in [0.15, 0.2) is 9.84 Å². The van der Waals surface area contributed by atoms with Crippen molar-refractivity contribution in [3.8, 4) is 0 Å². The van der Waals surface area contributed by atoms with Crippen LogP contribution in [-0.2, 0) is 14.6 Å². The highest BCUT2D eigenvalue weighted by atomic mass is 32.2. The standard InChI is InChI=1S/C14H29NO3S/c1-5-15-12-14(6-9-18-10-7-14)8-11-19(16,17)13(2,3)4/h15H,5-12H2,1-4H3. The van der Waals surface area contributed by atoms with Crippen molar-refractivity contribution in [3.63, 3.8) is 0 Å². The van der Waals surface area contributed by atoms with Gasteiger partial charge in [0.1, 0.15) is 0 Å².